The van der Waals surface area contributed by atoms with Crippen LogP contribution in [-0.4, -0.2) is 30.1 Å². The molecule has 31 heavy (non-hydrogen) atoms. The lowest BCUT2D eigenvalue weighted by Gasteiger charge is -2.28. The molecule has 0 unspecified atom stereocenters. The molecule has 2 heterocycles. The predicted octanol–water partition coefficient (Wildman–Crippen LogP) is 3.79. The third kappa shape index (κ3) is 4.07. The van der Waals surface area contributed by atoms with Gasteiger partial charge in [-0.1, -0.05) is 24.3 Å². The summed E-state index contributed by atoms with van der Waals surface area (Å²) in [5, 5.41) is 14.6. The zero-order valence-corrected chi connectivity index (χ0v) is 17.6. The van der Waals surface area contributed by atoms with E-state index in [1.54, 1.807) is 0 Å². The van der Waals surface area contributed by atoms with Crippen LogP contribution in [0.4, 0.5) is 15.8 Å². The van der Waals surface area contributed by atoms with Gasteiger partial charge >= 0.3 is 0 Å². The van der Waals surface area contributed by atoms with Crippen molar-refractivity contribution in [3.63, 3.8) is 0 Å². The molecule has 160 valence electrons. The zero-order chi connectivity index (χ0) is 22.2. The first kappa shape index (κ1) is 21.1. The summed E-state index contributed by atoms with van der Waals surface area (Å²) in [5.41, 5.74) is 1.18. The second kappa shape index (κ2) is 8.17. The molecule has 0 radical (unpaired) electrons. The third-order valence-electron chi connectivity index (χ3n) is 4.96. The quantitative estimate of drug-likeness (QED) is 0.459. The molecule has 0 bridgehead atoms. The van der Waals surface area contributed by atoms with Crippen molar-refractivity contribution in [1.82, 2.24) is 4.31 Å². The molecule has 1 aromatic heterocycles. The van der Waals surface area contributed by atoms with Gasteiger partial charge in [-0.2, -0.15) is 4.31 Å². The highest BCUT2D eigenvalue weighted by atomic mass is 32.2. The number of nitro groups is 1. The van der Waals surface area contributed by atoms with Gasteiger partial charge in [-0.15, -0.1) is 11.3 Å². The minimum atomic E-state index is -3.98. The standard InChI is InChI=1S/C20H16FN3O5S2/c21-16-6-5-15(24(26)27)11-17(16)22-20(25)19-18(8-10-30-19)31(28,29)23-9-7-13-3-1-2-4-14(13)12-23/h1-6,8,10-11H,7,9,12H2,(H,22,25). The Balaban J connectivity index is 1.61. The highest BCUT2D eigenvalue weighted by Gasteiger charge is 2.32. The van der Waals surface area contributed by atoms with Crippen LogP contribution in [0.3, 0.4) is 0 Å². The predicted molar refractivity (Wildman–Crippen MR) is 113 cm³/mol. The molecular formula is C20H16FN3O5S2. The highest BCUT2D eigenvalue weighted by Crippen LogP contribution is 2.30. The van der Waals surface area contributed by atoms with Crippen LogP contribution >= 0.6 is 11.3 Å². The third-order valence-corrected chi connectivity index (χ3v) is 7.89. The number of fused-ring (bicyclic) bond motifs is 1. The number of rotatable bonds is 5. The number of amides is 1. The van der Waals surface area contributed by atoms with E-state index in [1.807, 2.05) is 24.3 Å². The number of sulfonamides is 1. The minimum absolute atomic E-state index is 0.121. The lowest BCUT2D eigenvalue weighted by atomic mass is 10.0. The number of hydrogen-bond donors (Lipinski definition) is 1. The van der Waals surface area contributed by atoms with Gasteiger partial charge in [0.15, 0.2) is 0 Å². The van der Waals surface area contributed by atoms with E-state index in [0.717, 1.165) is 40.7 Å². The lowest BCUT2D eigenvalue weighted by Crippen LogP contribution is -2.36. The van der Waals surface area contributed by atoms with Crippen molar-refractivity contribution in [3.05, 3.63) is 85.8 Å². The fourth-order valence-electron chi connectivity index (χ4n) is 3.38. The number of halogens is 1. The normalized spacial score (nSPS) is 14.1. The number of hydrogen-bond acceptors (Lipinski definition) is 6. The molecule has 0 saturated carbocycles. The van der Waals surface area contributed by atoms with Crippen molar-refractivity contribution in [3.8, 4) is 0 Å². The monoisotopic (exact) mass is 461 g/mol. The van der Waals surface area contributed by atoms with Crippen LogP contribution in [-0.2, 0) is 23.0 Å². The fraction of sp³-hybridized carbons (Fsp3) is 0.150. The molecule has 0 aliphatic carbocycles. The van der Waals surface area contributed by atoms with Gasteiger partial charge in [-0.05, 0) is 35.1 Å². The Morgan fingerprint density at radius 2 is 1.90 bits per heavy atom. The minimum Gasteiger partial charge on any atom is -0.319 e. The number of nitrogens with one attached hydrogen (secondary N) is 1. The molecule has 8 nitrogen and oxygen atoms in total. The number of nitrogens with zero attached hydrogens (tertiary/aromatic N) is 2. The maximum atomic E-state index is 14.0. The molecule has 4 rings (SSSR count). The van der Waals surface area contributed by atoms with Crippen molar-refractivity contribution < 1.29 is 22.5 Å². The summed E-state index contributed by atoms with van der Waals surface area (Å²) in [6.07, 6.45) is 0.556. The van der Waals surface area contributed by atoms with Crippen LogP contribution in [0.2, 0.25) is 0 Å². The SMILES string of the molecule is O=C(Nc1cc([N+](=O)[O-])ccc1F)c1sccc1S(=O)(=O)N1CCc2ccccc2C1. The first-order valence-electron chi connectivity index (χ1n) is 9.17. The first-order chi connectivity index (χ1) is 14.8. The molecule has 1 aliphatic rings. The number of benzene rings is 2. The van der Waals surface area contributed by atoms with Crippen LogP contribution in [0.1, 0.15) is 20.8 Å². The molecule has 3 aromatic rings. The topological polar surface area (TPSA) is 110 Å². The number of carbonyl (C=O) groups is 1. The zero-order valence-electron chi connectivity index (χ0n) is 15.9. The summed E-state index contributed by atoms with van der Waals surface area (Å²) in [5.74, 6) is -1.72. The van der Waals surface area contributed by atoms with Gasteiger partial charge in [0, 0.05) is 25.2 Å². The highest BCUT2D eigenvalue weighted by molar-refractivity contribution is 7.89. The van der Waals surface area contributed by atoms with Crippen molar-refractivity contribution in [2.24, 2.45) is 0 Å². The van der Waals surface area contributed by atoms with Gasteiger partial charge in [0.25, 0.3) is 11.6 Å². The Morgan fingerprint density at radius 3 is 2.65 bits per heavy atom. The smallest absolute Gasteiger partial charge is 0.271 e. The number of carbonyl (C=O) groups excluding carboxylic acids is 1. The maximum Gasteiger partial charge on any atom is 0.271 e. The van der Waals surface area contributed by atoms with Crippen molar-refractivity contribution in [2.45, 2.75) is 17.9 Å². The van der Waals surface area contributed by atoms with E-state index in [0.29, 0.717) is 6.42 Å². The van der Waals surface area contributed by atoms with Gasteiger partial charge in [-0.3, -0.25) is 14.9 Å². The van der Waals surface area contributed by atoms with E-state index < -0.39 is 38.0 Å². The summed E-state index contributed by atoms with van der Waals surface area (Å²) < 4.78 is 41.8. The van der Waals surface area contributed by atoms with E-state index in [9.17, 15) is 27.7 Å². The second-order valence-corrected chi connectivity index (χ2v) is 9.67. The maximum absolute atomic E-state index is 14.0. The fourth-order valence-corrected chi connectivity index (χ4v) is 6.10. The van der Waals surface area contributed by atoms with Crippen molar-refractivity contribution >= 4 is 38.6 Å². The summed E-state index contributed by atoms with van der Waals surface area (Å²) in [4.78, 5) is 22.6. The van der Waals surface area contributed by atoms with Gasteiger partial charge < -0.3 is 5.32 Å². The number of non-ortho nitro benzene ring substituents is 1. The van der Waals surface area contributed by atoms with E-state index in [2.05, 4.69) is 5.32 Å². The van der Waals surface area contributed by atoms with Crippen LogP contribution in [0.25, 0.3) is 0 Å². The molecule has 11 heteroatoms. The Kier molecular flexibility index (Phi) is 5.56. The first-order valence-corrected chi connectivity index (χ1v) is 11.5. The van der Waals surface area contributed by atoms with Crippen LogP contribution < -0.4 is 5.32 Å². The molecular weight excluding hydrogens is 445 g/mol. The van der Waals surface area contributed by atoms with Crippen LogP contribution in [0, 0.1) is 15.9 Å². The molecule has 2 aromatic carbocycles. The molecule has 0 fully saturated rings. The van der Waals surface area contributed by atoms with Crippen LogP contribution in [0.5, 0.6) is 0 Å². The summed E-state index contributed by atoms with van der Waals surface area (Å²) in [6, 6.07) is 11.6. The molecule has 0 atom stereocenters. The van der Waals surface area contributed by atoms with E-state index >= 15 is 0 Å². The summed E-state index contributed by atoms with van der Waals surface area (Å²) in [7, 11) is -3.98. The summed E-state index contributed by atoms with van der Waals surface area (Å²) in [6.45, 7) is 0.463. The van der Waals surface area contributed by atoms with Crippen molar-refractivity contribution in [2.75, 3.05) is 11.9 Å². The molecule has 1 aliphatic heterocycles. The largest absolute Gasteiger partial charge is 0.319 e. The number of anilines is 1. The molecule has 1 amide bonds. The van der Waals surface area contributed by atoms with Gasteiger partial charge in [-0.25, -0.2) is 12.8 Å². The van der Waals surface area contributed by atoms with Crippen LogP contribution in [0.15, 0.2) is 58.8 Å². The average molecular weight is 461 g/mol. The number of thiophene rings is 1. The summed E-state index contributed by atoms with van der Waals surface area (Å²) >= 11 is 0.896. The van der Waals surface area contributed by atoms with Gasteiger partial charge in [0.2, 0.25) is 10.0 Å². The molecule has 0 spiro atoms. The van der Waals surface area contributed by atoms with E-state index in [4.69, 9.17) is 0 Å². The Hall–Kier alpha value is -3.15. The van der Waals surface area contributed by atoms with Gasteiger partial charge in [0.05, 0.1) is 10.6 Å². The lowest BCUT2D eigenvalue weighted by molar-refractivity contribution is -0.384. The van der Waals surface area contributed by atoms with Gasteiger partial charge in [0.1, 0.15) is 15.6 Å². The Bertz CT molecular complexity index is 1290. The molecule has 1 N–H and O–H groups in total. The Labute approximate surface area is 181 Å². The van der Waals surface area contributed by atoms with E-state index in [-0.39, 0.29) is 22.9 Å². The number of nitro benzene ring substituents is 1. The van der Waals surface area contributed by atoms with E-state index in [1.165, 1.54) is 15.8 Å². The van der Waals surface area contributed by atoms with Crippen molar-refractivity contribution in [1.29, 1.82) is 0 Å². The second-order valence-electron chi connectivity index (χ2n) is 6.85. The Morgan fingerprint density at radius 1 is 1.16 bits per heavy atom. The average Bonchev–Trinajstić information content (AvgIpc) is 3.26. The molecule has 0 saturated heterocycles.